The quantitative estimate of drug-likeness (QED) is 0.561. The summed E-state index contributed by atoms with van der Waals surface area (Å²) in [6, 6.07) is 7.70. The van der Waals surface area contributed by atoms with Crippen molar-refractivity contribution in [2.24, 2.45) is 5.73 Å². The van der Waals surface area contributed by atoms with Crippen molar-refractivity contribution in [3.63, 3.8) is 0 Å². The smallest absolute Gasteiger partial charge is 0.327 e. The van der Waals surface area contributed by atoms with Crippen LogP contribution in [0.25, 0.3) is 10.4 Å². The molecule has 156 valence electrons. The zero-order valence-electron chi connectivity index (χ0n) is 16.4. The molecule has 0 radical (unpaired) electrons. The molecule has 0 aliphatic carbocycles. The van der Waals surface area contributed by atoms with Gasteiger partial charge in [0.05, 0.1) is 12.4 Å². The third kappa shape index (κ3) is 3.86. The molecule has 1 unspecified atom stereocenters. The van der Waals surface area contributed by atoms with E-state index in [2.05, 4.69) is 21.6 Å². The van der Waals surface area contributed by atoms with Gasteiger partial charge in [0.1, 0.15) is 6.33 Å². The second-order valence-corrected chi connectivity index (χ2v) is 8.45. The fourth-order valence-corrected chi connectivity index (χ4v) is 4.85. The van der Waals surface area contributed by atoms with E-state index in [9.17, 15) is 14.0 Å². The van der Waals surface area contributed by atoms with Gasteiger partial charge in [-0.25, -0.2) is 14.3 Å². The van der Waals surface area contributed by atoms with Crippen molar-refractivity contribution in [3.05, 3.63) is 69.0 Å². The van der Waals surface area contributed by atoms with Crippen molar-refractivity contribution in [2.45, 2.75) is 32.2 Å². The number of nitrogens with one attached hydrogen (secondary N) is 2. The Labute approximate surface area is 176 Å². The average Bonchev–Trinajstić information content (AvgIpc) is 3.39. The van der Waals surface area contributed by atoms with Crippen LogP contribution in [0, 0.1) is 6.92 Å². The number of amides is 1. The van der Waals surface area contributed by atoms with Crippen LogP contribution in [0.1, 0.15) is 34.9 Å². The van der Waals surface area contributed by atoms with Gasteiger partial charge in [-0.2, -0.15) is 5.10 Å². The lowest BCUT2D eigenvalue weighted by Crippen LogP contribution is -2.23. The van der Waals surface area contributed by atoms with Gasteiger partial charge in [-0.15, -0.1) is 11.3 Å². The predicted octanol–water partition coefficient (Wildman–Crippen LogP) is 3.28. The zero-order valence-corrected chi connectivity index (χ0v) is 17.3. The number of hydrogen-bond donors (Lipinski definition) is 3. The summed E-state index contributed by atoms with van der Waals surface area (Å²) < 4.78 is 14.7. The number of carbonyl (C=O) groups excluding carboxylic acids is 1. The van der Waals surface area contributed by atoms with Crippen LogP contribution in [-0.4, -0.2) is 27.2 Å². The lowest BCUT2D eigenvalue weighted by atomic mass is 9.96. The molecular weight excluding hydrogens is 405 g/mol. The second kappa shape index (κ2) is 8.37. The monoisotopic (exact) mass is 427 g/mol. The molecule has 1 amide bonds. The first-order valence-electron chi connectivity index (χ1n) is 9.63. The molecule has 1 aliphatic rings. The number of H-pyrrole nitrogens is 1. The molecule has 1 atom stereocenters. The number of nitrogens with zero attached hydrogens (tertiary/aromatic N) is 2. The van der Waals surface area contributed by atoms with E-state index in [1.165, 1.54) is 10.9 Å². The van der Waals surface area contributed by atoms with Crippen LogP contribution in [0.5, 0.6) is 0 Å². The van der Waals surface area contributed by atoms with Crippen LogP contribution >= 0.6 is 11.3 Å². The first kappa shape index (κ1) is 20.2. The molecule has 4 N–H and O–H groups in total. The summed E-state index contributed by atoms with van der Waals surface area (Å²) in [6.45, 7) is 2.06. The number of nitrogens with two attached hydrogens (primary N) is 1. The highest BCUT2D eigenvalue weighted by Crippen LogP contribution is 2.38. The maximum absolute atomic E-state index is 13.2. The van der Waals surface area contributed by atoms with Crippen molar-refractivity contribution >= 4 is 22.9 Å². The van der Waals surface area contributed by atoms with Gasteiger partial charge in [-0.3, -0.25) is 9.36 Å². The van der Waals surface area contributed by atoms with E-state index in [-0.39, 0.29) is 24.6 Å². The number of hydrogen-bond acceptors (Lipinski definition) is 5. The predicted molar refractivity (Wildman–Crippen MR) is 115 cm³/mol. The minimum atomic E-state index is -0.404. The highest BCUT2D eigenvalue weighted by Gasteiger charge is 2.22. The minimum absolute atomic E-state index is 0.0433. The van der Waals surface area contributed by atoms with Gasteiger partial charge < -0.3 is 11.1 Å². The summed E-state index contributed by atoms with van der Waals surface area (Å²) in [7, 11) is 0. The first-order chi connectivity index (χ1) is 14.5. The molecule has 4 rings (SSSR count). The van der Waals surface area contributed by atoms with Crippen molar-refractivity contribution < 1.29 is 9.18 Å². The molecular formula is C21H22FN5O2S. The lowest BCUT2D eigenvalue weighted by Gasteiger charge is -2.20. The molecule has 1 aromatic carbocycles. The van der Waals surface area contributed by atoms with Crippen molar-refractivity contribution in [1.29, 1.82) is 0 Å². The number of benzene rings is 1. The Morgan fingerprint density at radius 1 is 1.37 bits per heavy atom. The number of fused-ring (bicyclic) bond motifs is 1. The number of aromatic amines is 1. The Kier molecular flexibility index (Phi) is 5.65. The fourth-order valence-electron chi connectivity index (χ4n) is 3.75. The molecule has 30 heavy (non-hydrogen) atoms. The van der Waals surface area contributed by atoms with Crippen LogP contribution in [0.2, 0.25) is 0 Å². The standard InChI is InChI=1S/C21H22FN5O2S/c1-12-6-15(8-14-2-5-19(28)25-20(12)14)17-3-4-18(30-17)16(7-13(9-22)10-23)27-11-24-26-21(27)29/h3-4,6,8-9,11,16H,2,5,7,10,23H2,1H3,(H,25,28)(H,26,29)/b13-9+. The molecule has 3 aromatic rings. The largest absolute Gasteiger partial charge is 0.343 e. The Hall–Kier alpha value is -3.04. The summed E-state index contributed by atoms with van der Waals surface area (Å²) in [5, 5.41) is 9.16. The molecule has 3 heterocycles. The van der Waals surface area contributed by atoms with E-state index in [4.69, 9.17) is 5.73 Å². The third-order valence-corrected chi connectivity index (χ3v) is 6.56. The van der Waals surface area contributed by atoms with E-state index < -0.39 is 6.04 Å². The fraction of sp³-hybridized carbons (Fsp3) is 0.286. The summed E-state index contributed by atoms with van der Waals surface area (Å²) >= 11 is 1.54. The molecule has 7 nitrogen and oxygen atoms in total. The van der Waals surface area contributed by atoms with Gasteiger partial charge in [-0.05, 0) is 66.3 Å². The molecule has 0 saturated heterocycles. The molecule has 9 heteroatoms. The van der Waals surface area contributed by atoms with Gasteiger partial charge in [0.15, 0.2) is 0 Å². The minimum Gasteiger partial charge on any atom is -0.327 e. The van der Waals surface area contributed by atoms with E-state index in [0.717, 1.165) is 32.1 Å². The van der Waals surface area contributed by atoms with Crippen molar-refractivity contribution in [2.75, 3.05) is 11.9 Å². The molecule has 1 aliphatic heterocycles. The van der Waals surface area contributed by atoms with Crippen LogP contribution in [0.3, 0.4) is 0 Å². The van der Waals surface area contributed by atoms with E-state index >= 15 is 0 Å². The summed E-state index contributed by atoms with van der Waals surface area (Å²) in [4.78, 5) is 25.8. The summed E-state index contributed by atoms with van der Waals surface area (Å²) in [6.07, 6.45) is 3.40. The van der Waals surface area contributed by atoms with E-state index in [1.807, 2.05) is 25.1 Å². The van der Waals surface area contributed by atoms with Gasteiger partial charge >= 0.3 is 5.69 Å². The topological polar surface area (TPSA) is 106 Å². The first-order valence-corrected chi connectivity index (χ1v) is 10.4. The van der Waals surface area contributed by atoms with Gasteiger partial charge in [0.2, 0.25) is 5.91 Å². The molecule has 0 saturated carbocycles. The molecule has 2 aromatic heterocycles. The van der Waals surface area contributed by atoms with Crippen molar-refractivity contribution in [1.82, 2.24) is 14.8 Å². The number of aromatic nitrogens is 3. The maximum atomic E-state index is 13.2. The maximum Gasteiger partial charge on any atom is 0.343 e. The highest BCUT2D eigenvalue weighted by atomic mass is 32.1. The number of rotatable bonds is 6. The molecule has 0 fully saturated rings. The van der Waals surface area contributed by atoms with Gasteiger partial charge in [-0.1, -0.05) is 0 Å². The lowest BCUT2D eigenvalue weighted by molar-refractivity contribution is -0.116. The number of carbonyl (C=O) groups is 1. The SMILES string of the molecule is Cc1cc(-c2ccc(C(C/C(=C\F)CN)n3cn[nH]c3=O)s2)cc2c1NC(=O)CC2. The zero-order chi connectivity index (χ0) is 21.3. The summed E-state index contributed by atoms with van der Waals surface area (Å²) in [5.41, 5.74) is 9.79. The summed E-state index contributed by atoms with van der Waals surface area (Å²) in [5.74, 6) is 0.0433. The van der Waals surface area contributed by atoms with Gasteiger partial charge in [0.25, 0.3) is 0 Å². The Bertz CT molecular complexity index is 1180. The number of thiophene rings is 1. The molecule has 0 bridgehead atoms. The Morgan fingerprint density at radius 3 is 2.90 bits per heavy atom. The number of aryl methyl sites for hydroxylation is 2. The molecule has 0 spiro atoms. The van der Waals surface area contributed by atoms with Crippen LogP contribution in [-0.2, 0) is 11.2 Å². The second-order valence-electron chi connectivity index (χ2n) is 7.34. The normalized spacial score (nSPS) is 15.0. The number of halogens is 1. The third-order valence-electron chi connectivity index (χ3n) is 5.33. The van der Waals surface area contributed by atoms with Crippen LogP contribution < -0.4 is 16.7 Å². The highest BCUT2D eigenvalue weighted by molar-refractivity contribution is 7.15. The average molecular weight is 428 g/mol. The van der Waals surface area contributed by atoms with E-state index in [1.54, 1.807) is 11.3 Å². The Morgan fingerprint density at radius 2 is 2.20 bits per heavy atom. The van der Waals surface area contributed by atoms with Crippen LogP contribution in [0.4, 0.5) is 10.1 Å². The van der Waals surface area contributed by atoms with E-state index in [0.29, 0.717) is 24.7 Å². The van der Waals surface area contributed by atoms with Crippen LogP contribution in [0.15, 0.2) is 47.3 Å². The Balaban J connectivity index is 1.71. The number of anilines is 1. The van der Waals surface area contributed by atoms with Gasteiger partial charge in [0, 0.05) is 28.4 Å². The van der Waals surface area contributed by atoms with Crippen molar-refractivity contribution in [3.8, 4) is 10.4 Å².